The summed E-state index contributed by atoms with van der Waals surface area (Å²) in [4.78, 5) is 1.37. The third-order valence-electron chi connectivity index (χ3n) is 3.42. The third-order valence-corrected chi connectivity index (χ3v) is 4.87. The van der Waals surface area contributed by atoms with Crippen LogP contribution in [0.3, 0.4) is 0 Å². The topological polar surface area (TPSA) is 0 Å². The number of hydrogen-bond donors (Lipinski definition) is 0. The minimum Gasteiger partial charge on any atom is -0.118 e. The zero-order chi connectivity index (χ0) is 13.7. The SMILES string of the molecule is C=CC(C/C=C(\C)C(C)C)C1=CC(=C)C(C=C)S1. The van der Waals surface area contributed by atoms with Crippen LogP contribution < -0.4 is 0 Å². The van der Waals surface area contributed by atoms with E-state index >= 15 is 0 Å². The fraction of sp³-hybridized carbons (Fsp3) is 0.412. The van der Waals surface area contributed by atoms with Crippen LogP contribution in [0.15, 0.2) is 60.1 Å². The molecule has 0 fully saturated rings. The van der Waals surface area contributed by atoms with Crippen LogP contribution >= 0.6 is 11.8 Å². The van der Waals surface area contributed by atoms with Crippen LogP contribution in [0.4, 0.5) is 0 Å². The Morgan fingerprint density at radius 3 is 2.56 bits per heavy atom. The van der Waals surface area contributed by atoms with E-state index in [9.17, 15) is 0 Å². The minimum absolute atomic E-state index is 0.345. The van der Waals surface area contributed by atoms with Crippen molar-refractivity contribution in [3.8, 4) is 0 Å². The lowest BCUT2D eigenvalue weighted by atomic mass is 9.98. The molecule has 0 amide bonds. The molecule has 0 spiro atoms. The molecule has 0 nitrogen and oxygen atoms in total. The fourth-order valence-corrected chi connectivity index (χ4v) is 2.99. The molecule has 98 valence electrons. The van der Waals surface area contributed by atoms with Crippen molar-refractivity contribution < 1.29 is 0 Å². The maximum Gasteiger partial charge on any atom is 0.0513 e. The molecule has 0 N–H and O–H groups in total. The Bertz CT molecular complexity index is 396. The Hall–Kier alpha value is -0.950. The van der Waals surface area contributed by atoms with Gasteiger partial charge in [0.25, 0.3) is 0 Å². The molecular weight excluding hydrogens is 236 g/mol. The number of hydrogen-bond acceptors (Lipinski definition) is 1. The van der Waals surface area contributed by atoms with Gasteiger partial charge in [-0.1, -0.05) is 44.2 Å². The average molecular weight is 260 g/mol. The van der Waals surface area contributed by atoms with E-state index in [0.29, 0.717) is 17.1 Å². The summed E-state index contributed by atoms with van der Waals surface area (Å²) >= 11 is 1.85. The lowest BCUT2D eigenvalue weighted by Crippen LogP contribution is -1.98. The van der Waals surface area contributed by atoms with E-state index in [-0.39, 0.29) is 0 Å². The second-order valence-electron chi connectivity index (χ2n) is 5.08. The quantitative estimate of drug-likeness (QED) is 0.566. The zero-order valence-electron chi connectivity index (χ0n) is 11.8. The summed E-state index contributed by atoms with van der Waals surface area (Å²) in [6, 6.07) is 0. The van der Waals surface area contributed by atoms with Crippen LogP contribution in [0.5, 0.6) is 0 Å². The standard InChI is InChI=1S/C17H24S/c1-7-15(10-9-13(5)12(3)4)17-11-14(6)16(8-2)18-17/h7-9,11-12,15-16H,1-2,6,10H2,3-5H3/b13-9+. The van der Waals surface area contributed by atoms with Gasteiger partial charge in [-0.05, 0) is 35.8 Å². The first-order chi connectivity index (χ1) is 8.49. The van der Waals surface area contributed by atoms with Gasteiger partial charge < -0.3 is 0 Å². The van der Waals surface area contributed by atoms with E-state index < -0.39 is 0 Å². The molecule has 2 unspecified atom stereocenters. The van der Waals surface area contributed by atoms with Crippen molar-refractivity contribution in [3.05, 3.63) is 60.1 Å². The highest BCUT2D eigenvalue weighted by molar-refractivity contribution is 8.04. The molecule has 18 heavy (non-hydrogen) atoms. The number of rotatable bonds is 6. The molecule has 0 aromatic rings. The normalized spacial score (nSPS) is 22.0. The summed E-state index contributed by atoms with van der Waals surface area (Å²) in [5.74, 6) is 1.03. The summed E-state index contributed by atoms with van der Waals surface area (Å²) in [5.41, 5.74) is 2.60. The van der Waals surface area contributed by atoms with Gasteiger partial charge in [0.15, 0.2) is 0 Å². The van der Waals surface area contributed by atoms with E-state index in [4.69, 9.17) is 0 Å². The molecule has 1 rings (SSSR count). The Kier molecular flexibility index (Phi) is 5.74. The van der Waals surface area contributed by atoms with Gasteiger partial charge in [0.2, 0.25) is 0 Å². The van der Waals surface area contributed by atoms with Gasteiger partial charge in [-0.2, -0.15) is 0 Å². The fourth-order valence-electron chi connectivity index (χ4n) is 1.79. The average Bonchev–Trinajstić information content (AvgIpc) is 2.70. The minimum atomic E-state index is 0.345. The van der Waals surface area contributed by atoms with Gasteiger partial charge in [0, 0.05) is 5.92 Å². The lowest BCUT2D eigenvalue weighted by molar-refractivity contribution is 0.742. The van der Waals surface area contributed by atoms with E-state index in [1.165, 1.54) is 10.5 Å². The van der Waals surface area contributed by atoms with Crippen molar-refractivity contribution in [2.45, 2.75) is 32.4 Å². The molecule has 0 saturated carbocycles. The van der Waals surface area contributed by atoms with Crippen molar-refractivity contribution in [1.29, 1.82) is 0 Å². The summed E-state index contributed by atoms with van der Waals surface area (Å²) in [6.45, 7) is 18.6. The monoisotopic (exact) mass is 260 g/mol. The zero-order valence-corrected chi connectivity index (χ0v) is 12.6. The second kappa shape index (κ2) is 6.84. The van der Waals surface area contributed by atoms with Gasteiger partial charge in [0.05, 0.1) is 5.25 Å². The molecule has 1 aliphatic rings. The van der Waals surface area contributed by atoms with Gasteiger partial charge in [-0.3, -0.25) is 0 Å². The van der Waals surface area contributed by atoms with E-state index in [2.05, 4.69) is 52.7 Å². The van der Waals surface area contributed by atoms with Crippen molar-refractivity contribution in [1.82, 2.24) is 0 Å². The Balaban J connectivity index is 2.72. The molecule has 0 saturated heterocycles. The van der Waals surface area contributed by atoms with Crippen LogP contribution in [-0.2, 0) is 0 Å². The summed E-state index contributed by atoms with van der Waals surface area (Å²) < 4.78 is 0. The number of thioether (sulfide) groups is 1. The van der Waals surface area contributed by atoms with E-state index in [1.54, 1.807) is 0 Å². The molecule has 0 aliphatic carbocycles. The predicted molar refractivity (Wildman–Crippen MR) is 85.7 cm³/mol. The molecule has 2 atom stereocenters. The molecule has 1 aliphatic heterocycles. The van der Waals surface area contributed by atoms with Crippen molar-refractivity contribution in [2.75, 3.05) is 0 Å². The maximum absolute atomic E-state index is 4.08. The number of allylic oxidation sites excluding steroid dienone is 5. The molecule has 1 heterocycles. The molecule has 0 radical (unpaired) electrons. The summed E-state index contributed by atoms with van der Waals surface area (Å²) in [7, 11) is 0. The second-order valence-corrected chi connectivity index (χ2v) is 6.29. The molecule has 0 aromatic carbocycles. The highest BCUT2D eigenvalue weighted by Crippen LogP contribution is 2.41. The van der Waals surface area contributed by atoms with Crippen molar-refractivity contribution in [3.63, 3.8) is 0 Å². The van der Waals surface area contributed by atoms with Crippen LogP contribution in [0.25, 0.3) is 0 Å². The molecule has 0 bridgehead atoms. The smallest absolute Gasteiger partial charge is 0.0513 e. The maximum atomic E-state index is 4.08. The summed E-state index contributed by atoms with van der Waals surface area (Å²) in [6.07, 6.45) is 9.57. The van der Waals surface area contributed by atoms with Gasteiger partial charge >= 0.3 is 0 Å². The summed E-state index contributed by atoms with van der Waals surface area (Å²) in [5, 5.41) is 0.345. The van der Waals surface area contributed by atoms with Crippen LogP contribution in [-0.4, -0.2) is 5.25 Å². The molecule has 0 aromatic heterocycles. The van der Waals surface area contributed by atoms with E-state index in [1.807, 2.05) is 23.9 Å². The predicted octanol–water partition coefficient (Wildman–Crippen LogP) is 5.52. The Morgan fingerprint density at radius 2 is 2.11 bits per heavy atom. The van der Waals surface area contributed by atoms with Crippen molar-refractivity contribution in [2.24, 2.45) is 11.8 Å². The Morgan fingerprint density at radius 1 is 1.44 bits per heavy atom. The van der Waals surface area contributed by atoms with Gasteiger partial charge in [0.1, 0.15) is 0 Å². The van der Waals surface area contributed by atoms with Crippen LogP contribution in [0.1, 0.15) is 27.2 Å². The largest absolute Gasteiger partial charge is 0.118 e. The van der Waals surface area contributed by atoms with Crippen LogP contribution in [0.2, 0.25) is 0 Å². The highest BCUT2D eigenvalue weighted by Gasteiger charge is 2.22. The first kappa shape index (κ1) is 15.1. The van der Waals surface area contributed by atoms with Crippen molar-refractivity contribution >= 4 is 11.8 Å². The van der Waals surface area contributed by atoms with Gasteiger partial charge in [-0.25, -0.2) is 0 Å². The highest BCUT2D eigenvalue weighted by atomic mass is 32.2. The third kappa shape index (κ3) is 3.78. The first-order valence-corrected chi connectivity index (χ1v) is 7.36. The lowest BCUT2D eigenvalue weighted by Gasteiger charge is -2.13. The van der Waals surface area contributed by atoms with Crippen LogP contribution in [0, 0.1) is 11.8 Å². The van der Waals surface area contributed by atoms with Gasteiger partial charge in [-0.15, -0.1) is 24.9 Å². The molecular formula is C17H24S. The Labute approximate surface area is 116 Å². The van der Waals surface area contributed by atoms with E-state index in [0.717, 1.165) is 12.0 Å². The molecule has 1 heteroatoms. The first-order valence-electron chi connectivity index (χ1n) is 6.48.